The normalized spacial score (nSPS) is 10.5. The average Bonchev–Trinajstić information content (AvgIpc) is 2.90. The Morgan fingerprint density at radius 1 is 1.09 bits per heavy atom. The first-order valence-electron chi connectivity index (χ1n) is 6.80. The van der Waals surface area contributed by atoms with Gasteiger partial charge in [-0.15, -0.1) is 0 Å². The smallest absolute Gasteiger partial charge is 0.175 e. The summed E-state index contributed by atoms with van der Waals surface area (Å²) in [7, 11) is 3.59. The second-order valence-corrected chi connectivity index (χ2v) is 5.22. The Bertz CT molecular complexity index is 828. The number of rotatable bonds is 3. The Labute approximate surface area is 133 Å². The molecule has 112 valence electrons. The topological polar surface area (TPSA) is 51.1 Å². The summed E-state index contributed by atoms with van der Waals surface area (Å²) in [6, 6.07) is 13.5. The van der Waals surface area contributed by atoms with Crippen LogP contribution in [0.4, 0.5) is 11.4 Å². The Hall–Kier alpha value is -2.60. The predicted octanol–water partition coefficient (Wildman–Crippen LogP) is 3.39. The van der Waals surface area contributed by atoms with Crippen molar-refractivity contribution in [2.75, 3.05) is 17.7 Å². The van der Waals surface area contributed by atoms with Gasteiger partial charge in [-0.25, -0.2) is 4.98 Å². The second-order valence-electron chi connectivity index (χ2n) is 4.81. The number of nitrogens with zero attached hydrogens (tertiary/aromatic N) is 2. The molecule has 3 rings (SSSR count). The number of fused-ring (bicyclic) bond motifs is 1. The molecule has 0 saturated heterocycles. The number of aromatic nitrogens is 2. The van der Waals surface area contributed by atoms with Gasteiger partial charge in [0.15, 0.2) is 5.11 Å². The number of methoxy groups -OCH3 is 1. The minimum absolute atomic E-state index is 0.498. The molecule has 2 aromatic carbocycles. The molecular formula is C16H16N4OS. The van der Waals surface area contributed by atoms with E-state index in [0.717, 1.165) is 28.2 Å². The van der Waals surface area contributed by atoms with Crippen molar-refractivity contribution in [3.05, 3.63) is 48.8 Å². The van der Waals surface area contributed by atoms with E-state index < -0.39 is 0 Å². The molecule has 0 aliphatic rings. The van der Waals surface area contributed by atoms with Crippen LogP contribution in [-0.4, -0.2) is 21.8 Å². The summed E-state index contributed by atoms with van der Waals surface area (Å²) >= 11 is 5.40. The molecule has 0 spiro atoms. The number of benzene rings is 2. The SMILES string of the molecule is COc1ccccc1NC(=S)Nc1cccc2ncn(C)c12. The molecule has 0 fully saturated rings. The third kappa shape index (κ3) is 2.73. The summed E-state index contributed by atoms with van der Waals surface area (Å²) in [5.74, 6) is 0.741. The van der Waals surface area contributed by atoms with Gasteiger partial charge in [-0.2, -0.15) is 0 Å². The molecule has 0 radical (unpaired) electrons. The van der Waals surface area contributed by atoms with E-state index in [-0.39, 0.29) is 0 Å². The van der Waals surface area contributed by atoms with Crippen LogP contribution in [-0.2, 0) is 7.05 Å². The van der Waals surface area contributed by atoms with Crippen LogP contribution < -0.4 is 15.4 Å². The first-order chi connectivity index (χ1) is 10.7. The van der Waals surface area contributed by atoms with Crippen LogP contribution in [0.1, 0.15) is 0 Å². The minimum Gasteiger partial charge on any atom is -0.495 e. The maximum absolute atomic E-state index is 5.40. The summed E-state index contributed by atoms with van der Waals surface area (Å²) in [5.41, 5.74) is 3.66. The molecule has 1 aromatic heterocycles. The number of imidazole rings is 1. The standard InChI is InChI=1S/C16H16N4OS/c1-20-10-17-12-7-5-8-13(15(12)20)19-16(22)18-11-6-3-4-9-14(11)21-2/h3-10H,1-2H3,(H2,18,19,22). The van der Waals surface area contributed by atoms with E-state index in [9.17, 15) is 0 Å². The number of aryl methyl sites for hydroxylation is 1. The molecule has 1 heterocycles. The highest BCUT2D eigenvalue weighted by Gasteiger charge is 2.08. The molecule has 0 aliphatic heterocycles. The van der Waals surface area contributed by atoms with E-state index in [1.165, 1.54) is 0 Å². The molecule has 0 aliphatic carbocycles. The lowest BCUT2D eigenvalue weighted by Crippen LogP contribution is -2.19. The Balaban J connectivity index is 1.83. The van der Waals surface area contributed by atoms with Gasteiger partial charge in [-0.1, -0.05) is 18.2 Å². The maximum atomic E-state index is 5.40. The van der Waals surface area contributed by atoms with Crippen molar-refractivity contribution in [2.45, 2.75) is 0 Å². The highest BCUT2D eigenvalue weighted by Crippen LogP contribution is 2.25. The lowest BCUT2D eigenvalue weighted by Gasteiger charge is -2.14. The van der Waals surface area contributed by atoms with Crippen LogP contribution in [0.2, 0.25) is 0 Å². The van der Waals surface area contributed by atoms with Crippen molar-refractivity contribution in [3.8, 4) is 5.75 Å². The van der Waals surface area contributed by atoms with E-state index in [1.54, 1.807) is 13.4 Å². The summed E-state index contributed by atoms with van der Waals surface area (Å²) < 4.78 is 7.27. The van der Waals surface area contributed by atoms with Crippen LogP contribution in [0.3, 0.4) is 0 Å². The average molecular weight is 312 g/mol. The molecule has 5 nitrogen and oxygen atoms in total. The number of nitrogens with one attached hydrogen (secondary N) is 2. The highest BCUT2D eigenvalue weighted by molar-refractivity contribution is 7.80. The fourth-order valence-corrected chi connectivity index (χ4v) is 2.56. The van der Waals surface area contributed by atoms with Crippen LogP contribution in [0, 0.1) is 0 Å². The first kappa shape index (κ1) is 14.3. The molecule has 6 heteroatoms. The van der Waals surface area contributed by atoms with E-state index in [4.69, 9.17) is 17.0 Å². The van der Waals surface area contributed by atoms with E-state index in [2.05, 4.69) is 15.6 Å². The number of hydrogen-bond donors (Lipinski definition) is 2. The van der Waals surface area contributed by atoms with Gasteiger partial charge < -0.3 is 19.9 Å². The van der Waals surface area contributed by atoms with Crippen LogP contribution >= 0.6 is 12.2 Å². The third-order valence-corrected chi connectivity index (χ3v) is 3.54. The fourth-order valence-electron chi connectivity index (χ4n) is 2.34. The van der Waals surface area contributed by atoms with Crippen molar-refractivity contribution in [1.29, 1.82) is 0 Å². The summed E-state index contributed by atoms with van der Waals surface area (Å²) in [4.78, 5) is 4.34. The monoisotopic (exact) mass is 312 g/mol. The molecule has 3 aromatic rings. The third-order valence-electron chi connectivity index (χ3n) is 3.34. The molecule has 0 unspecified atom stereocenters. The van der Waals surface area contributed by atoms with Crippen LogP contribution in [0.5, 0.6) is 5.75 Å². The number of ether oxygens (including phenoxy) is 1. The number of hydrogen-bond acceptors (Lipinski definition) is 3. The number of anilines is 2. The van der Waals surface area contributed by atoms with Gasteiger partial charge in [0.05, 0.1) is 35.8 Å². The largest absolute Gasteiger partial charge is 0.495 e. The lowest BCUT2D eigenvalue weighted by molar-refractivity contribution is 0.417. The van der Waals surface area contributed by atoms with Crippen LogP contribution in [0.25, 0.3) is 11.0 Å². The molecule has 22 heavy (non-hydrogen) atoms. The van der Waals surface area contributed by atoms with Crippen molar-refractivity contribution in [2.24, 2.45) is 7.05 Å². The Kier molecular flexibility index (Phi) is 3.93. The van der Waals surface area contributed by atoms with Crippen molar-refractivity contribution in [1.82, 2.24) is 9.55 Å². The molecular weight excluding hydrogens is 296 g/mol. The van der Waals surface area contributed by atoms with Gasteiger partial charge in [-0.05, 0) is 36.5 Å². The van der Waals surface area contributed by atoms with Crippen molar-refractivity contribution >= 4 is 39.7 Å². The Morgan fingerprint density at radius 3 is 2.64 bits per heavy atom. The zero-order valence-electron chi connectivity index (χ0n) is 12.3. The van der Waals surface area contributed by atoms with Gasteiger partial charge in [0.1, 0.15) is 5.75 Å². The van der Waals surface area contributed by atoms with E-state index in [1.807, 2.05) is 54.1 Å². The maximum Gasteiger partial charge on any atom is 0.175 e. The van der Waals surface area contributed by atoms with Gasteiger partial charge in [0.25, 0.3) is 0 Å². The van der Waals surface area contributed by atoms with Gasteiger partial charge in [0.2, 0.25) is 0 Å². The highest BCUT2D eigenvalue weighted by atomic mass is 32.1. The number of para-hydroxylation sites is 3. The fraction of sp³-hybridized carbons (Fsp3) is 0.125. The van der Waals surface area contributed by atoms with Crippen molar-refractivity contribution < 1.29 is 4.74 Å². The summed E-state index contributed by atoms with van der Waals surface area (Å²) in [5, 5.41) is 6.87. The zero-order valence-corrected chi connectivity index (χ0v) is 13.1. The quantitative estimate of drug-likeness (QED) is 0.726. The lowest BCUT2D eigenvalue weighted by atomic mass is 10.2. The zero-order chi connectivity index (χ0) is 15.5. The molecule has 0 saturated carbocycles. The second kappa shape index (κ2) is 6.03. The van der Waals surface area contributed by atoms with Crippen LogP contribution in [0.15, 0.2) is 48.8 Å². The van der Waals surface area contributed by atoms with Gasteiger partial charge in [-0.3, -0.25) is 0 Å². The van der Waals surface area contributed by atoms with Crippen molar-refractivity contribution in [3.63, 3.8) is 0 Å². The summed E-state index contributed by atoms with van der Waals surface area (Å²) in [6.45, 7) is 0. The molecule has 0 bridgehead atoms. The summed E-state index contributed by atoms with van der Waals surface area (Å²) in [6.07, 6.45) is 1.78. The van der Waals surface area contributed by atoms with Gasteiger partial charge >= 0.3 is 0 Å². The van der Waals surface area contributed by atoms with E-state index >= 15 is 0 Å². The number of thiocarbonyl (C=S) groups is 1. The van der Waals surface area contributed by atoms with Gasteiger partial charge in [0, 0.05) is 7.05 Å². The van der Waals surface area contributed by atoms with E-state index in [0.29, 0.717) is 5.11 Å². The molecule has 0 amide bonds. The molecule has 0 atom stereocenters. The minimum atomic E-state index is 0.498. The first-order valence-corrected chi connectivity index (χ1v) is 7.21. The Morgan fingerprint density at radius 2 is 1.82 bits per heavy atom. The predicted molar refractivity (Wildman–Crippen MR) is 93.6 cm³/mol. The molecule has 2 N–H and O–H groups in total.